The first-order valence-electron chi connectivity index (χ1n) is 9.45. The van der Waals surface area contributed by atoms with Crippen LogP contribution in [-0.4, -0.2) is 23.7 Å². The number of urea groups is 1. The number of carboxylic acid groups (broad SMARTS) is 1. The average molecular weight is 426 g/mol. The van der Waals surface area contributed by atoms with E-state index in [1.165, 1.54) is 6.07 Å². The zero-order valence-corrected chi connectivity index (χ0v) is 16.4. The maximum atomic E-state index is 13.5. The van der Waals surface area contributed by atoms with Crippen LogP contribution in [0.4, 0.5) is 19.3 Å². The molecule has 0 fully saturated rings. The molecule has 0 unspecified atom stereocenters. The predicted octanol–water partition coefficient (Wildman–Crippen LogP) is 4.61. The van der Waals surface area contributed by atoms with Crippen LogP contribution in [-0.2, 0) is 13.0 Å². The molecule has 0 aliphatic rings. The summed E-state index contributed by atoms with van der Waals surface area (Å²) in [7, 11) is 0. The number of carboxylic acids is 1. The van der Waals surface area contributed by atoms with E-state index in [0.29, 0.717) is 30.3 Å². The van der Waals surface area contributed by atoms with Crippen molar-refractivity contribution in [3.05, 3.63) is 95.1 Å². The number of anilines is 1. The highest BCUT2D eigenvalue weighted by Gasteiger charge is 2.10. The SMILES string of the molecule is O=C(NCCc1ccc(OCc2ccccc2C(=O)O)cc1)Nc1ccc(F)cc1F. The summed E-state index contributed by atoms with van der Waals surface area (Å²) in [5, 5.41) is 14.1. The van der Waals surface area contributed by atoms with Gasteiger partial charge in [-0.25, -0.2) is 18.4 Å². The summed E-state index contributed by atoms with van der Waals surface area (Å²) in [6.07, 6.45) is 0.529. The standard InChI is InChI=1S/C23H20F2N2O4/c24-17-7-10-21(20(25)13-17)27-23(30)26-12-11-15-5-8-18(9-6-15)31-14-16-3-1-2-4-19(16)22(28)29/h1-10,13H,11-12,14H2,(H,28,29)(H2,26,27,30). The van der Waals surface area contributed by atoms with E-state index in [0.717, 1.165) is 17.7 Å². The first-order valence-corrected chi connectivity index (χ1v) is 9.45. The Hall–Kier alpha value is -3.94. The molecule has 3 aromatic carbocycles. The van der Waals surface area contributed by atoms with Gasteiger partial charge in [0.2, 0.25) is 0 Å². The number of hydrogen-bond acceptors (Lipinski definition) is 3. The van der Waals surface area contributed by atoms with Gasteiger partial charge in [0.1, 0.15) is 24.0 Å². The summed E-state index contributed by atoms with van der Waals surface area (Å²) in [5.41, 5.74) is 1.60. The van der Waals surface area contributed by atoms with E-state index in [1.807, 2.05) is 12.1 Å². The van der Waals surface area contributed by atoms with Crippen LogP contribution in [0, 0.1) is 11.6 Å². The van der Waals surface area contributed by atoms with Gasteiger partial charge in [0.25, 0.3) is 0 Å². The first-order chi connectivity index (χ1) is 14.9. The summed E-state index contributed by atoms with van der Waals surface area (Å²) in [6, 6.07) is 16.1. The molecule has 0 bridgehead atoms. The minimum atomic E-state index is -1.01. The summed E-state index contributed by atoms with van der Waals surface area (Å²) < 4.78 is 32.1. The smallest absolute Gasteiger partial charge is 0.336 e. The van der Waals surface area contributed by atoms with Crippen LogP contribution < -0.4 is 15.4 Å². The second-order valence-electron chi connectivity index (χ2n) is 6.65. The van der Waals surface area contributed by atoms with Gasteiger partial charge in [-0.1, -0.05) is 30.3 Å². The molecule has 0 saturated carbocycles. The van der Waals surface area contributed by atoms with Crippen LogP contribution >= 0.6 is 0 Å². The van der Waals surface area contributed by atoms with Crippen molar-refractivity contribution in [2.75, 3.05) is 11.9 Å². The van der Waals surface area contributed by atoms with E-state index >= 15 is 0 Å². The molecular weight excluding hydrogens is 406 g/mol. The maximum Gasteiger partial charge on any atom is 0.336 e. The van der Waals surface area contributed by atoms with Crippen LogP contribution in [0.5, 0.6) is 5.75 Å². The lowest BCUT2D eigenvalue weighted by atomic mass is 10.1. The molecule has 0 spiro atoms. The van der Waals surface area contributed by atoms with Gasteiger partial charge in [-0.05, 0) is 42.3 Å². The van der Waals surface area contributed by atoms with Crippen LogP contribution in [0.1, 0.15) is 21.5 Å². The molecule has 6 nitrogen and oxygen atoms in total. The zero-order valence-electron chi connectivity index (χ0n) is 16.4. The topological polar surface area (TPSA) is 87.7 Å². The fourth-order valence-corrected chi connectivity index (χ4v) is 2.85. The van der Waals surface area contributed by atoms with Crippen molar-refractivity contribution in [2.24, 2.45) is 0 Å². The lowest BCUT2D eigenvalue weighted by molar-refractivity contribution is 0.0694. The number of nitrogens with one attached hydrogen (secondary N) is 2. The fraction of sp³-hybridized carbons (Fsp3) is 0.130. The number of amides is 2. The van der Waals surface area contributed by atoms with Crippen LogP contribution in [0.15, 0.2) is 66.7 Å². The highest BCUT2D eigenvalue weighted by atomic mass is 19.1. The van der Waals surface area contributed by atoms with Crippen LogP contribution in [0.25, 0.3) is 0 Å². The molecule has 160 valence electrons. The first kappa shape index (κ1) is 21.8. The van der Waals surface area contributed by atoms with Gasteiger partial charge in [-0.15, -0.1) is 0 Å². The number of benzene rings is 3. The third-order valence-corrected chi connectivity index (χ3v) is 4.44. The van der Waals surface area contributed by atoms with Crippen molar-refractivity contribution >= 4 is 17.7 Å². The van der Waals surface area contributed by atoms with Gasteiger partial charge >= 0.3 is 12.0 Å². The fourth-order valence-electron chi connectivity index (χ4n) is 2.85. The van der Waals surface area contributed by atoms with Gasteiger partial charge in [-0.3, -0.25) is 0 Å². The van der Waals surface area contributed by atoms with Gasteiger partial charge in [-0.2, -0.15) is 0 Å². The van der Waals surface area contributed by atoms with Crippen molar-refractivity contribution in [1.82, 2.24) is 5.32 Å². The molecule has 3 rings (SSSR count). The molecule has 3 aromatic rings. The van der Waals surface area contributed by atoms with Gasteiger partial charge < -0.3 is 20.5 Å². The van der Waals surface area contributed by atoms with Gasteiger partial charge in [0.05, 0.1) is 11.3 Å². The summed E-state index contributed by atoms with van der Waals surface area (Å²) in [4.78, 5) is 23.1. The third kappa shape index (κ3) is 6.27. The van der Waals surface area contributed by atoms with Gasteiger partial charge in [0, 0.05) is 18.2 Å². The van der Waals surface area contributed by atoms with E-state index in [1.54, 1.807) is 30.3 Å². The Labute approximate surface area is 177 Å². The summed E-state index contributed by atoms with van der Waals surface area (Å²) >= 11 is 0. The number of hydrogen-bond donors (Lipinski definition) is 3. The average Bonchev–Trinajstić information content (AvgIpc) is 2.75. The van der Waals surface area contributed by atoms with E-state index in [2.05, 4.69) is 10.6 Å². The molecule has 0 aliphatic heterocycles. The lowest BCUT2D eigenvalue weighted by Crippen LogP contribution is -2.30. The number of aromatic carboxylic acids is 1. The van der Waals surface area contributed by atoms with Crippen molar-refractivity contribution in [3.63, 3.8) is 0 Å². The molecule has 0 saturated heterocycles. The Morgan fingerprint density at radius 1 is 0.968 bits per heavy atom. The Bertz CT molecular complexity index is 1070. The molecule has 0 radical (unpaired) electrons. The number of halogens is 2. The molecule has 8 heteroatoms. The minimum Gasteiger partial charge on any atom is -0.489 e. The lowest BCUT2D eigenvalue weighted by Gasteiger charge is -2.10. The van der Waals surface area contributed by atoms with Crippen molar-refractivity contribution in [1.29, 1.82) is 0 Å². The van der Waals surface area contributed by atoms with E-state index in [-0.39, 0.29) is 17.9 Å². The Morgan fingerprint density at radius 2 is 1.71 bits per heavy atom. The van der Waals surface area contributed by atoms with Crippen LogP contribution in [0.3, 0.4) is 0 Å². The number of rotatable bonds is 8. The van der Waals surface area contributed by atoms with Crippen LogP contribution in [0.2, 0.25) is 0 Å². The van der Waals surface area contributed by atoms with Gasteiger partial charge in [0.15, 0.2) is 0 Å². The number of ether oxygens (including phenoxy) is 1. The largest absolute Gasteiger partial charge is 0.489 e. The second kappa shape index (κ2) is 10.2. The monoisotopic (exact) mass is 426 g/mol. The highest BCUT2D eigenvalue weighted by molar-refractivity contribution is 5.89. The summed E-state index contributed by atoms with van der Waals surface area (Å²) in [5.74, 6) is -1.99. The van der Waals surface area contributed by atoms with E-state index < -0.39 is 23.6 Å². The Balaban J connectivity index is 1.45. The molecule has 0 heterocycles. The molecule has 0 aromatic heterocycles. The van der Waals surface area contributed by atoms with E-state index in [4.69, 9.17) is 4.74 Å². The molecule has 3 N–H and O–H groups in total. The quantitative estimate of drug-likeness (QED) is 0.491. The molecular formula is C23H20F2N2O4. The molecule has 31 heavy (non-hydrogen) atoms. The number of carbonyl (C=O) groups is 2. The molecule has 0 atom stereocenters. The molecule has 2 amide bonds. The summed E-state index contributed by atoms with van der Waals surface area (Å²) in [6.45, 7) is 0.435. The minimum absolute atomic E-state index is 0.107. The zero-order chi connectivity index (χ0) is 22.2. The Morgan fingerprint density at radius 3 is 2.42 bits per heavy atom. The Kier molecular flexibility index (Phi) is 7.16. The van der Waals surface area contributed by atoms with Crippen molar-refractivity contribution in [2.45, 2.75) is 13.0 Å². The third-order valence-electron chi connectivity index (χ3n) is 4.44. The maximum absolute atomic E-state index is 13.5. The number of carbonyl (C=O) groups excluding carboxylic acids is 1. The molecule has 0 aliphatic carbocycles. The second-order valence-corrected chi connectivity index (χ2v) is 6.65. The normalized spacial score (nSPS) is 10.4. The highest BCUT2D eigenvalue weighted by Crippen LogP contribution is 2.17. The predicted molar refractivity (Wildman–Crippen MR) is 111 cm³/mol. The van der Waals surface area contributed by atoms with Crippen molar-refractivity contribution in [3.8, 4) is 5.75 Å². The van der Waals surface area contributed by atoms with E-state index in [9.17, 15) is 23.5 Å². The van der Waals surface area contributed by atoms with Crippen molar-refractivity contribution < 1.29 is 28.2 Å².